The van der Waals surface area contributed by atoms with Gasteiger partial charge in [-0.15, -0.1) is 11.3 Å². The van der Waals surface area contributed by atoms with E-state index in [2.05, 4.69) is 15.6 Å². The lowest BCUT2D eigenvalue weighted by molar-refractivity contribution is -0.0850. The van der Waals surface area contributed by atoms with E-state index in [9.17, 15) is 5.11 Å². The fourth-order valence-electron chi connectivity index (χ4n) is 2.01. The van der Waals surface area contributed by atoms with Gasteiger partial charge in [0, 0.05) is 18.5 Å². The third kappa shape index (κ3) is 4.96. The van der Waals surface area contributed by atoms with Gasteiger partial charge in [-0.1, -0.05) is 6.07 Å². The molecule has 2 atom stereocenters. The lowest BCUT2D eigenvalue weighted by Gasteiger charge is -2.26. The largest absolute Gasteiger partial charge is 0.383 e. The zero-order valence-electron chi connectivity index (χ0n) is 12.5. The average Bonchev–Trinajstić information content (AvgIpc) is 3.03. The van der Waals surface area contributed by atoms with Crippen molar-refractivity contribution < 1.29 is 14.6 Å². The SMILES string of the molecule is CN=C(NCC1COCCO1)NCC(C)(O)c1cccs1. The highest BCUT2D eigenvalue weighted by Gasteiger charge is 2.24. The monoisotopic (exact) mass is 313 g/mol. The predicted molar refractivity (Wildman–Crippen MR) is 83.8 cm³/mol. The second-order valence-corrected chi connectivity index (χ2v) is 6.07. The van der Waals surface area contributed by atoms with E-state index >= 15 is 0 Å². The van der Waals surface area contributed by atoms with Gasteiger partial charge in [-0.2, -0.15) is 0 Å². The van der Waals surface area contributed by atoms with Crippen molar-refractivity contribution in [1.29, 1.82) is 0 Å². The zero-order valence-corrected chi connectivity index (χ0v) is 13.3. The lowest BCUT2D eigenvalue weighted by atomic mass is 10.1. The predicted octanol–water partition coefficient (Wildman–Crippen LogP) is 0.536. The minimum atomic E-state index is -0.920. The molecule has 0 aliphatic carbocycles. The Labute approximate surface area is 129 Å². The molecule has 0 aromatic carbocycles. The maximum absolute atomic E-state index is 10.5. The highest BCUT2D eigenvalue weighted by atomic mass is 32.1. The van der Waals surface area contributed by atoms with Crippen molar-refractivity contribution in [2.45, 2.75) is 18.6 Å². The molecule has 0 bridgehead atoms. The molecule has 0 amide bonds. The molecule has 1 fully saturated rings. The first-order valence-electron chi connectivity index (χ1n) is 7.02. The molecule has 2 unspecified atom stereocenters. The van der Waals surface area contributed by atoms with Crippen LogP contribution in [0.3, 0.4) is 0 Å². The third-order valence-electron chi connectivity index (χ3n) is 3.26. The average molecular weight is 313 g/mol. The minimum absolute atomic E-state index is 0.0371. The molecule has 0 saturated carbocycles. The summed E-state index contributed by atoms with van der Waals surface area (Å²) < 4.78 is 10.9. The quantitative estimate of drug-likeness (QED) is 0.546. The first kappa shape index (κ1) is 16.2. The molecule has 1 aliphatic heterocycles. The van der Waals surface area contributed by atoms with Crippen LogP contribution in [0, 0.1) is 0 Å². The molecule has 6 nitrogen and oxygen atoms in total. The van der Waals surface area contributed by atoms with Crippen LogP contribution in [-0.4, -0.2) is 57.1 Å². The van der Waals surface area contributed by atoms with Crippen LogP contribution >= 0.6 is 11.3 Å². The number of thiophene rings is 1. The number of nitrogens with one attached hydrogen (secondary N) is 2. The van der Waals surface area contributed by atoms with E-state index < -0.39 is 5.60 Å². The molecule has 0 spiro atoms. The van der Waals surface area contributed by atoms with E-state index in [1.165, 1.54) is 11.3 Å². The number of ether oxygens (including phenoxy) is 2. The van der Waals surface area contributed by atoms with Gasteiger partial charge in [0.05, 0.1) is 32.5 Å². The van der Waals surface area contributed by atoms with Crippen LogP contribution in [0.2, 0.25) is 0 Å². The van der Waals surface area contributed by atoms with Crippen molar-refractivity contribution in [1.82, 2.24) is 10.6 Å². The van der Waals surface area contributed by atoms with Crippen molar-refractivity contribution in [2.24, 2.45) is 4.99 Å². The lowest BCUT2D eigenvalue weighted by Crippen LogP contribution is -2.47. The van der Waals surface area contributed by atoms with Crippen molar-refractivity contribution in [3.63, 3.8) is 0 Å². The van der Waals surface area contributed by atoms with Gasteiger partial charge in [-0.05, 0) is 18.4 Å². The van der Waals surface area contributed by atoms with Gasteiger partial charge in [0.25, 0.3) is 0 Å². The Hall–Kier alpha value is -1.15. The number of nitrogens with zero attached hydrogens (tertiary/aromatic N) is 1. The van der Waals surface area contributed by atoms with Gasteiger partial charge in [-0.3, -0.25) is 4.99 Å². The van der Waals surface area contributed by atoms with Crippen molar-refractivity contribution in [3.8, 4) is 0 Å². The Morgan fingerprint density at radius 2 is 2.38 bits per heavy atom. The molecule has 1 aromatic rings. The van der Waals surface area contributed by atoms with Crippen LogP contribution in [0.4, 0.5) is 0 Å². The number of hydrogen-bond acceptors (Lipinski definition) is 5. The molecule has 118 valence electrons. The fraction of sp³-hybridized carbons (Fsp3) is 0.643. The Morgan fingerprint density at radius 3 is 3.00 bits per heavy atom. The van der Waals surface area contributed by atoms with Gasteiger partial charge in [-0.25, -0.2) is 0 Å². The maximum atomic E-state index is 10.5. The first-order chi connectivity index (χ1) is 10.1. The Balaban J connectivity index is 1.77. The number of aliphatic imine (C=N–C) groups is 1. The van der Waals surface area contributed by atoms with Crippen molar-refractivity contribution >= 4 is 17.3 Å². The number of guanidine groups is 1. The molecule has 1 aromatic heterocycles. The first-order valence-corrected chi connectivity index (χ1v) is 7.90. The third-order valence-corrected chi connectivity index (χ3v) is 4.38. The summed E-state index contributed by atoms with van der Waals surface area (Å²) in [5, 5.41) is 18.7. The number of rotatable bonds is 5. The van der Waals surface area contributed by atoms with E-state index in [0.717, 1.165) is 4.88 Å². The summed E-state index contributed by atoms with van der Waals surface area (Å²) in [7, 11) is 1.70. The molecule has 21 heavy (non-hydrogen) atoms. The fourth-order valence-corrected chi connectivity index (χ4v) is 2.80. The van der Waals surface area contributed by atoms with Gasteiger partial charge in [0.15, 0.2) is 5.96 Å². The molecule has 1 aliphatic rings. The zero-order chi connectivity index (χ0) is 15.1. The Bertz CT molecular complexity index is 442. The Kier molecular flexibility index (Phi) is 5.98. The van der Waals surface area contributed by atoms with Crippen LogP contribution in [0.25, 0.3) is 0 Å². The summed E-state index contributed by atoms with van der Waals surface area (Å²) in [5.41, 5.74) is -0.920. The van der Waals surface area contributed by atoms with Crippen LogP contribution < -0.4 is 10.6 Å². The van der Waals surface area contributed by atoms with Crippen molar-refractivity contribution in [2.75, 3.05) is 40.0 Å². The van der Waals surface area contributed by atoms with Crippen LogP contribution in [0.1, 0.15) is 11.8 Å². The topological polar surface area (TPSA) is 75.1 Å². The second-order valence-electron chi connectivity index (χ2n) is 5.13. The van der Waals surface area contributed by atoms with Crippen LogP contribution in [0.5, 0.6) is 0 Å². The molecule has 3 N–H and O–H groups in total. The highest BCUT2D eigenvalue weighted by molar-refractivity contribution is 7.10. The second kappa shape index (κ2) is 7.74. The summed E-state index contributed by atoms with van der Waals surface area (Å²) in [6.07, 6.45) is 0.0371. The molecule has 2 rings (SSSR count). The molecule has 2 heterocycles. The number of hydrogen-bond donors (Lipinski definition) is 3. The molecule has 0 radical (unpaired) electrons. The van der Waals surface area contributed by atoms with E-state index in [1.807, 2.05) is 17.5 Å². The summed E-state index contributed by atoms with van der Waals surface area (Å²) in [6, 6.07) is 3.86. The highest BCUT2D eigenvalue weighted by Crippen LogP contribution is 2.24. The van der Waals surface area contributed by atoms with Crippen LogP contribution in [-0.2, 0) is 15.1 Å². The molecule has 7 heteroatoms. The maximum Gasteiger partial charge on any atom is 0.191 e. The smallest absolute Gasteiger partial charge is 0.191 e. The van der Waals surface area contributed by atoms with E-state index in [4.69, 9.17) is 9.47 Å². The van der Waals surface area contributed by atoms with Gasteiger partial charge < -0.3 is 25.2 Å². The normalized spacial score (nSPS) is 22.6. The number of aliphatic hydroxyl groups is 1. The Morgan fingerprint density at radius 1 is 1.52 bits per heavy atom. The van der Waals surface area contributed by atoms with E-state index in [1.54, 1.807) is 14.0 Å². The van der Waals surface area contributed by atoms with E-state index in [-0.39, 0.29) is 6.10 Å². The van der Waals surface area contributed by atoms with Gasteiger partial charge >= 0.3 is 0 Å². The van der Waals surface area contributed by atoms with Crippen LogP contribution in [0.15, 0.2) is 22.5 Å². The standard InChI is InChI=1S/C14H23N3O3S/c1-14(18,12-4-3-7-21-12)10-17-13(15-2)16-8-11-9-19-5-6-20-11/h3-4,7,11,18H,5-6,8-10H2,1-2H3,(H2,15,16,17). The van der Waals surface area contributed by atoms with Crippen molar-refractivity contribution in [3.05, 3.63) is 22.4 Å². The summed E-state index contributed by atoms with van der Waals surface area (Å²) in [6.45, 7) is 4.68. The molecule has 1 saturated heterocycles. The van der Waals surface area contributed by atoms with Gasteiger partial charge in [0.1, 0.15) is 5.60 Å². The van der Waals surface area contributed by atoms with Gasteiger partial charge in [0.2, 0.25) is 0 Å². The minimum Gasteiger partial charge on any atom is -0.383 e. The summed E-state index contributed by atoms with van der Waals surface area (Å²) >= 11 is 1.54. The summed E-state index contributed by atoms with van der Waals surface area (Å²) in [4.78, 5) is 5.07. The summed E-state index contributed by atoms with van der Waals surface area (Å²) in [5.74, 6) is 0.640. The molecular formula is C14H23N3O3S. The molecular weight excluding hydrogens is 290 g/mol. The van der Waals surface area contributed by atoms with E-state index in [0.29, 0.717) is 38.9 Å².